The van der Waals surface area contributed by atoms with Crippen LogP contribution in [0.1, 0.15) is 30.9 Å². The van der Waals surface area contributed by atoms with E-state index in [1.165, 1.54) is 6.42 Å². The van der Waals surface area contributed by atoms with Gasteiger partial charge in [0.2, 0.25) is 0 Å². The van der Waals surface area contributed by atoms with Crippen LogP contribution in [-0.4, -0.2) is 11.2 Å². The van der Waals surface area contributed by atoms with Gasteiger partial charge in [0.05, 0.1) is 6.04 Å². The van der Waals surface area contributed by atoms with E-state index < -0.39 is 6.09 Å². The van der Waals surface area contributed by atoms with E-state index in [0.29, 0.717) is 5.92 Å². The minimum atomic E-state index is -0.934. The fourth-order valence-corrected chi connectivity index (χ4v) is 2.04. The second-order valence-electron chi connectivity index (χ2n) is 4.03. The molecule has 15 heavy (non-hydrogen) atoms. The molecular formula is C12H15NO2. The number of carboxylic acid groups (broad SMARTS) is 1. The molecule has 1 aromatic rings. The summed E-state index contributed by atoms with van der Waals surface area (Å²) in [4.78, 5) is 10.7. The highest BCUT2D eigenvalue weighted by Gasteiger charge is 2.29. The minimum Gasteiger partial charge on any atom is -0.465 e. The first-order valence-corrected chi connectivity index (χ1v) is 5.32. The molecule has 1 fully saturated rings. The Balaban J connectivity index is 2.14. The lowest BCUT2D eigenvalue weighted by Crippen LogP contribution is -2.35. The highest BCUT2D eigenvalue weighted by molar-refractivity contribution is 5.65. The zero-order chi connectivity index (χ0) is 10.7. The van der Waals surface area contributed by atoms with Crippen molar-refractivity contribution >= 4 is 6.09 Å². The molecule has 1 aromatic carbocycles. The van der Waals surface area contributed by atoms with Gasteiger partial charge in [-0.05, 0) is 24.3 Å². The number of hydrogen-bond acceptors (Lipinski definition) is 1. The minimum absolute atomic E-state index is 0.0301. The molecule has 80 valence electrons. The Morgan fingerprint density at radius 2 is 2.00 bits per heavy atom. The van der Waals surface area contributed by atoms with E-state index in [1.807, 2.05) is 30.3 Å². The summed E-state index contributed by atoms with van der Waals surface area (Å²) in [5.41, 5.74) is 1.07. The van der Waals surface area contributed by atoms with Crippen LogP contribution in [0.5, 0.6) is 0 Å². The molecule has 0 radical (unpaired) electrons. The van der Waals surface area contributed by atoms with Crippen molar-refractivity contribution in [1.82, 2.24) is 5.32 Å². The Hall–Kier alpha value is -1.51. The first-order valence-electron chi connectivity index (χ1n) is 5.32. The van der Waals surface area contributed by atoms with Gasteiger partial charge in [-0.25, -0.2) is 4.79 Å². The Morgan fingerprint density at radius 3 is 2.47 bits per heavy atom. The van der Waals surface area contributed by atoms with Crippen molar-refractivity contribution in [1.29, 1.82) is 0 Å². The first-order chi connectivity index (χ1) is 7.27. The molecule has 1 unspecified atom stereocenters. The maximum Gasteiger partial charge on any atom is 0.405 e. The van der Waals surface area contributed by atoms with Crippen LogP contribution < -0.4 is 5.32 Å². The van der Waals surface area contributed by atoms with Gasteiger partial charge in [-0.2, -0.15) is 0 Å². The van der Waals surface area contributed by atoms with Crippen LogP contribution in [0.15, 0.2) is 30.3 Å². The standard InChI is InChI=1S/C12H15NO2/c14-12(15)13-11(10-7-4-8-10)9-5-2-1-3-6-9/h1-3,5-6,10-11,13H,4,7-8H2,(H,14,15). The van der Waals surface area contributed by atoms with Gasteiger partial charge >= 0.3 is 6.09 Å². The molecule has 1 aliphatic rings. The summed E-state index contributed by atoms with van der Waals surface area (Å²) in [7, 11) is 0. The van der Waals surface area contributed by atoms with Crippen molar-refractivity contribution in [3.8, 4) is 0 Å². The van der Waals surface area contributed by atoms with E-state index in [4.69, 9.17) is 5.11 Å². The van der Waals surface area contributed by atoms with Crippen molar-refractivity contribution in [3.63, 3.8) is 0 Å². The van der Waals surface area contributed by atoms with Crippen molar-refractivity contribution < 1.29 is 9.90 Å². The van der Waals surface area contributed by atoms with Gasteiger partial charge in [0.1, 0.15) is 0 Å². The van der Waals surface area contributed by atoms with Crippen LogP contribution in [0, 0.1) is 5.92 Å². The highest BCUT2D eigenvalue weighted by Crippen LogP contribution is 2.37. The number of nitrogens with one attached hydrogen (secondary N) is 1. The van der Waals surface area contributed by atoms with Gasteiger partial charge < -0.3 is 10.4 Å². The molecule has 1 atom stereocenters. The van der Waals surface area contributed by atoms with Gasteiger partial charge in [-0.1, -0.05) is 36.8 Å². The summed E-state index contributed by atoms with van der Waals surface area (Å²) < 4.78 is 0. The molecule has 0 heterocycles. The summed E-state index contributed by atoms with van der Waals surface area (Å²) >= 11 is 0. The van der Waals surface area contributed by atoms with Gasteiger partial charge in [0, 0.05) is 0 Å². The quantitative estimate of drug-likeness (QED) is 0.797. The fraction of sp³-hybridized carbons (Fsp3) is 0.417. The van der Waals surface area contributed by atoms with Crippen LogP contribution in [0.4, 0.5) is 4.79 Å². The molecule has 3 nitrogen and oxygen atoms in total. The summed E-state index contributed by atoms with van der Waals surface area (Å²) in [6.45, 7) is 0. The summed E-state index contributed by atoms with van der Waals surface area (Å²) in [5, 5.41) is 11.4. The molecule has 0 bridgehead atoms. The zero-order valence-electron chi connectivity index (χ0n) is 8.52. The van der Waals surface area contributed by atoms with E-state index in [2.05, 4.69) is 5.32 Å². The number of carbonyl (C=O) groups is 1. The van der Waals surface area contributed by atoms with Gasteiger partial charge in [0.25, 0.3) is 0 Å². The van der Waals surface area contributed by atoms with Crippen molar-refractivity contribution in [3.05, 3.63) is 35.9 Å². The van der Waals surface area contributed by atoms with E-state index in [1.54, 1.807) is 0 Å². The van der Waals surface area contributed by atoms with Crippen molar-refractivity contribution in [2.24, 2.45) is 5.92 Å². The monoisotopic (exact) mass is 205 g/mol. The molecular weight excluding hydrogens is 190 g/mol. The van der Waals surface area contributed by atoms with Gasteiger partial charge in [-0.3, -0.25) is 0 Å². The average molecular weight is 205 g/mol. The SMILES string of the molecule is O=C(O)NC(c1ccccc1)C1CCC1. The summed E-state index contributed by atoms with van der Waals surface area (Å²) in [6.07, 6.45) is 2.53. The molecule has 3 heteroatoms. The van der Waals surface area contributed by atoms with Gasteiger partial charge in [0.15, 0.2) is 0 Å². The number of amides is 1. The Kier molecular flexibility index (Phi) is 2.90. The van der Waals surface area contributed by atoms with Crippen LogP contribution in [0.3, 0.4) is 0 Å². The van der Waals surface area contributed by atoms with Crippen LogP contribution in [0.25, 0.3) is 0 Å². The molecule has 0 aromatic heterocycles. The molecule has 1 saturated carbocycles. The molecule has 1 aliphatic carbocycles. The largest absolute Gasteiger partial charge is 0.465 e. The Bertz CT molecular complexity index is 333. The maximum absolute atomic E-state index is 10.7. The summed E-state index contributed by atoms with van der Waals surface area (Å²) in [5.74, 6) is 0.475. The Morgan fingerprint density at radius 1 is 1.33 bits per heavy atom. The predicted molar refractivity (Wildman–Crippen MR) is 57.7 cm³/mol. The first kappa shape index (κ1) is 10.0. The van der Waals surface area contributed by atoms with Crippen LogP contribution in [-0.2, 0) is 0 Å². The molecule has 2 N–H and O–H groups in total. The molecule has 0 saturated heterocycles. The number of rotatable bonds is 3. The lowest BCUT2D eigenvalue weighted by atomic mass is 9.77. The third-order valence-electron chi connectivity index (χ3n) is 3.06. The lowest BCUT2D eigenvalue weighted by molar-refractivity contribution is 0.171. The smallest absolute Gasteiger partial charge is 0.405 e. The molecule has 2 rings (SSSR count). The predicted octanol–water partition coefficient (Wildman–Crippen LogP) is 2.80. The zero-order valence-corrected chi connectivity index (χ0v) is 8.52. The molecule has 0 aliphatic heterocycles. The lowest BCUT2D eigenvalue weighted by Gasteiger charge is -2.33. The van der Waals surface area contributed by atoms with E-state index in [-0.39, 0.29) is 6.04 Å². The second kappa shape index (κ2) is 4.34. The topological polar surface area (TPSA) is 49.3 Å². The molecule has 1 amide bonds. The third-order valence-corrected chi connectivity index (χ3v) is 3.06. The summed E-state index contributed by atoms with van der Waals surface area (Å²) in [6, 6.07) is 9.78. The molecule has 0 spiro atoms. The highest BCUT2D eigenvalue weighted by atomic mass is 16.4. The van der Waals surface area contributed by atoms with Crippen LogP contribution >= 0.6 is 0 Å². The maximum atomic E-state index is 10.7. The number of hydrogen-bond donors (Lipinski definition) is 2. The van der Waals surface area contributed by atoms with E-state index in [0.717, 1.165) is 18.4 Å². The van der Waals surface area contributed by atoms with E-state index in [9.17, 15) is 4.79 Å². The van der Waals surface area contributed by atoms with Gasteiger partial charge in [-0.15, -0.1) is 0 Å². The number of benzene rings is 1. The Labute approximate surface area is 89.1 Å². The van der Waals surface area contributed by atoms with Crippen LogP contribution in [0.2, 0.25) is 0 Å². The van der Waals surface area contributed by atoms with E-state index >= 15 is 0 Å². The normalized spacial score (nSPS) is 17.9. The third kappa shape index (κ3) is 2.29. The van der Waals surface area contributed by atoms with Crippen molar-refractivity contribution in [2.75, 3.05) is 0 Å². The fourth-order valence-electron chi connectivity index (χ4n) is 2.04. The van der Waals surface area contributed by atoms with Crippen molar-refractivity contribution in [2.45, 2.75) is 25.3 Å². The second-order valence-corrected chi connectivity index (χ2v) is 4.03. The average Bonchev–Trinajstić information content (AvgIpc) is 2.15.